The molecular formula is C19H20N2O4. The lowest BCUT2D eigenvalue weighted by molar-refractivity contribution is -0.146. The van der Waals surface area contributed by atoms with Crippen LogP contribution in [0, 0.1) is 23.2 Å². The molecule has 2 fully saturated rings. The molecule has 0 bridgehead atoms. The Hall–Kier alpha value is -2.68. The van der Waals surface area contributed by atoms with E-state index in [4.69, 9.17) is 10.00 Å². The Balaban J connectivity index is 1.49. The summed E-state index contributed by atoms with van der Waals surface area (Å²) >= 11 is 0. The van der Waals surface area contributed by atoms with Crippen LogP contribution in [0.5, 0.6) is 0 Å². The number of esters is 1. The third-order valence-electron chi connectivity index (χ3n) is 4.93. The highest BCUT2D eigenvalue weighted by molar-refractivity contribution is 6.05. The highest BCUT2D eigenvalue weighted by Crippen LogP contribution is 2.37. The summed E-state index contributed by atoms with van der Waals surface area (Å²) in [4.78, 5) is 37.8. The molecule has 1 aromatic carbocycles. The Kier molecular flexibility index (Phi) is 5.13. The van der Waals surface area contributed by atoms with Crippen LogP contribution in [0.4, 0.5) is 0 Å². The summed E-state index contributed by atoms with van der Waals surface area (Å²) in [6.07, 6.45) is 3.50. The number of ether oxygens (including phenoxy) is 1. The Morgan fingerprint density at radius 2 is 1.88 bits per heavy atom. The lowest BCUT2D eigenvalue weighted by Crippen LogP contribution is -2.33. The van der Waals surface area contributed by atoms with Crippen LogP contribution in [0.15, 0.2) is 24.3 Å². The van der Waals surface area contributed by atoms with E-state index in [-0.39, 0.29) is 43.2 Å². The van der Waals surface area contributed by atoms with Gasteiger partial charge in [0.05, 0.1) is 29.9 Å². The molecule has 1 saturated carbocycles. The smallest absolute Gasteiger partial charge is 0.307 e. The molecule has 130 valence electrons. The zero-order valence-corrected chi connectivity index (χ0v) is 13.9. The van der Waals surface area contributed by atoms with Crippen molar-refractivity contribution in [3.05, 3.63) is 35.4 Å². The van der Waals surface area contributed by atoms with E-state index >= 15 is 0 Å². The fraction of sp³-hybridized carbons (Fsp3) is 0.474. The van der Waals surface area contributed by atoms with Gasteiger partial charge in [-0.2, -0.15) is 5.26 Å². The Morgan fingerprint density at radius 3 is 2.52 bits per heavy atom. The normalized spacial score (nSPS) is 22.4. The third kappa shape index (κ3) is 3.71. The van der Waals surface area contributed by atoms with Gasteiger partial charge in [0.25, 0.3) is 0 Å². The zero-order valence-electron chi connectivity index (χ0n) is 13.9. The number of hydrogen-bond donors (Lipinski definition) is 0. The molecule has 1 aliphatic carbocycles. The number of fused-ring (bicyclic) bond motifs is 1. The summed E-state index contributed by atoms with van der Waals surface area (Å²) in [6.45, 7) is 0.156. The number of imide groups is 1. The van der Waals surface area contributed by atoms with E-state index in [1.165, 1.54) is 4.90 Å². The van der Waals surface area contributed by atoms with E-state index in [0.29, 0.717) is 5.56 Å². The quantitative estimate of drug-likeness (QED) is 0.605. The van der Waals surface area contributed by atoms with Crippen molar-refractivity contribution in [3.63, 3.8) is 0 Å². The topological polar surface area (TPSA) is 87.5 Å². The molecule has 6 nitrogen and oxygen atoms in total. The molecule has 0 unspecified atom stereocenters. The molecule has 1 saturated heterocycles. The highest BCUT2D eigenvalue weighted by Gasteiger charge is 2.47. The minimum absolute atomic E-state index is 0.00510. The van der Waals surface area contributed by atoms with Crippen LogP contribution in [0.25, 0.3) is 0 Å². The molecule has 1 aliphatic heterocycles. The predicted molar refractivity (Wildman–Crippen MR) is 87.7 cm³/mol. The van der Waals surface area contributed by atoms with Crippen molar-refractivity contribution in [1.29, 1.82) is 5.26 Å². The largest absolute Gasteiger partial charge is 0.461 e. The Labute approximate surface area is 146 Å². The molecule has 1 heterocycles. The lowest BCUT2D eigenvalue weighted by atomic mass is 9.81. The van der Waals surface area contributed by atoms with Crippen molar-refractivity contribution < 1.29 is 19.1 Å². The van der Waals surface area contributed by atoms with E-state index in [9.17, 15) is 14.4 Å². The second kappa shape index (κ2) is 7.47. The first-order valence-corrected chi connectivity index (χ1v) is 8.60. The van der Waals surface area contributed by atoms with Crippen molar-refractivity contribution in [2.45, 2.75) is 38.7 Å². The van der Waals surface area contributed by atoms with E-state index in [1.807, 2.05) is 6.07 Å². The van der Waals surface area contributed by atoms with Gasteiger partial charge in [-0.3, -0.25) is 19.3 Å². The first-order valence-electron chi connectivity index (χ1n) is 8.60. The third-order valence-corrected chi connectivity index (χ3v) is 4.93. The monoisotopic (exact) mass is 340 g/mol. The van der Waals surface area contributed by atoms with E-state index in [0.717, 1.165) is 31.2 Å². The summed E-state index contributed by atoms with van der Waals surface area (Å²) in [7, 11) is 0. The number of benzene rings is 1. The fourth-order valence-electron chi connectivity index (χ4n) is 3.62. The van der Waals surface area contributed by atoms with Crippen LogP contribution in [0.2, 0.25) is 0 Å². The number of amides is 2. The average molecular weight is 340 g/mol. The number of nitriles is 1. The molecule has 0 N–H and O–H groups in total. The van der Waals surface area contributed by atoms with Crippen LogP contribution in [-0.2, 0) is 25.7 Å². The summed E-state index contributed by atoms with van der Waals surface area (Å²) in [5.74, 6) is -1.11. The zero-order chi connectivity index (χ0) is 17.8. The number of nitrogens with zero attached hydrogens (tertiary/aromatic N) is 2. The average Bonchev–Trinajstić information content (AvgIpc) is 2.89. The van der Waals surface area contributed by atoms with Gasteiger partial charge in [-0.15, -0.1) is 0 Å². The number of rotatable bonds is 5. The molecule has 2 aliphatic rings. The van der Waals surface area contributed by atoms with Gasteiger partial charge in [-0.05, 0) is 30.5 Å². The molecule has 2 amide bonds. The molecule has 0 aromatic heterocycles. The fourth-order valence-corrected chi connectivity index (χ4v) is 3.62. The van der Waals surface area contributed by atoms with Crippen molar-refractivity contribution in [2.75, 3.05) is 6.54 Å². The number of likely N-dealkylation sites (tertiary alicyclic amines) is 1. The minimum Gasteiger partial charge on any atom is -0.461 e. The molecule has 3 rings (SSSR count). The molecule has 25 heavy (non-hydrogen) atoms. The summed E-state index contributed by atoms with van der Waals surface area (Å²) in [5, 5.41) is 8.86. The Morgan fingerprint density at radius 1 is 1.20 bits per heavy atom. The Bertz CT molecular complexity index is 713. The van der Waals surface area contributed by atoms with Crippen molar-refractivity contribution in [3.8, 4) is 6.07 Å². The number of carbonyl (C=O) groups is 3. The highest BCUT2D eigenvalue weighted by atomic mass is 16.5. The summed E-state index contributed by atoms with van der Waals surface area (Å²) < 4.78 is 5.18. The van der Waals surface area contributed by atoms with Gasteiger partial charge < -0.3 is 4.74 Å². The summed E-state index contributed by atoms with van der Waals surface area (Å²) in [5.41, 5.74) is 1.23. The molecule has 2 atom stereocenters. The standard InChI is InChI=1S/C19H20N2O4/c20-11-13-4-3-5-14(10-13)12-25-17(22)8-9-21-18(23)15-6-1-2-7-16(15)19(21)24/h3-5,10,15-16H,1-2,6-9,12H2/t15-,16+. The van der Waals surface area contributed by atoms with E-state index in [1.54, 1.807) is 24.3 Å². The predicted octanol–water partition coefficient (Wildman–Crippen LogP) is 2.17. The van der Waals surface area contributed by atoms with E-state index in [2.05, 4.69) is 0 Å². The van der Waals surface area contributed by atoms with Crippen LogP contribution < -0.4 is 0 Å². The van der Waals surface area contributed by atoms with Crippen LogP contribution >= 0.6 is 0 Å². The first kappa shape index (κ1) is 17.2. The van der Waals surface area contributed by atoms with Crippen LogP contribution in [0.3, 0.4) is 0 Å². The molecule has 1 aromatic rings. The maximum atomic E-state index is 12.3. The second-order valence-electron chi connectivity index (χ2n) is 6.55. The maximum absolute atomic E-state index is 12.3. The van der Waals surface area contributed by atoms with Crippen LogP contribution in [-0.4, -0.2) is 29.2 Å². The molecular weight excluding hydrogens is 320 g/mol. The maximum Gasteiger partial charge on any atom is 0.307 e. The van der Waals surface area contributed by atoms with E-state index < -0.39 is 5.97 Å². The van der Waals surface area contributed by atoms with Gasteiger partial charge in [-0.25, -0.2) is 0 Å². The SMILES string of the molecule is N#Cc1cccc(COC(=O)CCN2C(=O)[C@H]3CCCC[C@H]3C2=O)c1. The molecule has 0 radical (unpaired) electrons. The van der Waals surface area contributed by atoms with Gasteiger partial charge >= 0.3 is 5.97 Å². The van der Waals surface area contributed by atoms with Crippen molar-refractivity contribution in [1.82, 2.24) is 4.90 Å². The number of hydrogen-bond acceptors (Lipinski definition) is 5. The van der Waals surface area contributed by atoms with Gasteiger partial charge in [0.1, 0.15) is 6.61 Å². The summed E-state index contributed by atoms with van der Waals surface area (Å²) in [6, 6.07) is 8.86. The minimum atomic E-state index is -0.460. The van der Waals surface area contributed by atoms with Gasteiger partial charge in [-0.1, -0.05) is 25.0 Å². The second-order valence-corrected chi connectivity index (χ2v) is 6.55. The van der Waals surface area contributed by atoms with Crippen LogP contribution in [0.1, 0.15) is 43.2 Å². The van der Waals surface area contributed by atoms with Gasteiger partial charge in [0.2, 0.25) is 11.8 Å². The van der Waals surface area contributed by atoms with Gasteiger partial charge in [0.15, 0.2) is 0 Å². The molecule has 6 heteroatoms. The van der Waals surface area contributed by atoms with Crippen molar-refractivity contribution >= 4 is 17.8 Å². The molecule has 0 spiro atoms. The first-order chi connectivity index (χ1) is 12.1. The lowest BCUT2D eigenvalue weighted by Gasteiger charge is -2.19. The van der Waals surface area contributed by atoms with Gasteiger partial charge in [0, 0.05) is 6.54 Å². The van der Waals surface area contributed by atoms with Crippen molar-refractivity contribution in [2.24, 2.45) is 11.8 Å². The number of carbonyl (C=O) groups excluding carboxylic acids is 3.